The molecule has 0 aliphatic rings. The Morgan fingerprint density at radius 1 is 1.67 bits per heavy atom. The topological polar surface area (TPSA) is 88.5 Å². The van der Waals surface area contributed by atoms with Crippen LogP contribution in [0, 0.1) is 0 Å². The van der Waals surface area contributed by atoms with Crippen molar-refractivity contribution in [3.63, 3.8) is 0 Å². The van der Waals surface area contributed by atoms with Gasteiger partial charge in [0.15, 0.2) is 0 Å². The van der Waals surface area contributed by atoms with Gasteiger partial charge in [-0.25, -0.2) is 4.98 Å². The van der Waals surface area contributed by atoms with Crippen LogP contribution in [0.1, 0.15) is 16.2 Å². The summed E-state index contributed by atoms with van der Waals surface area (Å²) in [4.78, 5) is 15.4. The van der Waals surface area contributed by atoms with Gasteiger partial charge in [0.05, 0.1) is 18.3 Å². The minimum Gasteiger partial charge on any atom is -0.345 e. The third-order valence-electron chi connectivity index (χ3n) is 1.85. The second-order valence-corrected chi connectivity index (χ2v) is 3.02. The van der Waals surface area contributed by atoms with E-state index in [1.807, 2.05) is 0 Å². The molecule has 0 fully saturated rings. The standard InChI is InChI=1S/C8H10N6O/c1-14-4-6(2-12-14)8(15)9-3-7-10-5-11-13-7/h2,4-5H,3H2,1H3,(H,9,15)(H,10,11,13). The fourth-order valence-electron chi connectivity index (χ4n) is 1.12. The summed E-state index contributed by atoms with van der Waals surface area (Å²) in [5.74, 6) is 0.437. The van der Waals surface area contributed by atoms with Crippen molar-refractivity contribution in [3.05, 3.63) is 30.1 Å². The number of aromatic amines is 1. The van der Waals surface area contributed by atoms with Crippen molar-refractivity contribution in [1.29, 1.82) is 0 Å². The Hall–Kier alpha value is -2.18. The van der Waals surface area contributed by atoms with Gasteiger partial charge in [-0.05, 0) is 0 Å². The van der Waals surface area contributed by atoms with E-state index < -0.39 is 0 Å². The number of nitrogens with zero attached hydrogens (tertiary/aromatic N) is 4. The molecular weight excluding hydrogens is 196 g/mol. The van der Waals surface area contributed by atoms with E-state index in [0.717, 1.165) is 0 Å². The van der Waals surface area contributed by atoms with E-state index in [1.54, 1.807) is 17.9 Å². The lowest BCUT2D eigenvalue weighted by molar-refractivity contribution is 0.0950. The summed E-state index contributed by atoms with van der Waals surface area (Å²) in [7, 11) is 1.76. The van der Waals surface area contributed by atoms with E-state index in [9.17, 15) is 4.79 Å². The van der Waals surface area contributed by atoms with Gasteiger partial charge in [0, 0.05) is 13.2 Å². The molecule has 0 aliphatic heterocycles. The van der Waals surface area contributed by atoms with E-state index in [4.69, 9.17) is 0 Å². The Morgan fingerprint density at radius 3 is 3.13 bits per heavy atom. The second kappa shape index (κ2) is 3.91. The molecule has 0 saturated carbocycles. The largest absolute Gasteiger partial charge is 0.345 e. The first-order valence-electron chi connectivity index (χ1n) is 4.37. The summed E-state index contributed by atoms with van der Waals surface area (Å²) in [6, 6.07) is 0. The fourth-order valence-corrected chi connectivity index (χ4v) is 1.12. The summed E-state index contributed by atoms with van der Waals surface area (Å²) in [6.45, 7) is 0.327. The summed E-state index contributed by atoms with van der Waals surface area (Å²) in [5, 5.41) is 12.9. The molecule has 15 heavy (non-hydrogen) atoms. The Labute approximate surface area is 85.5 Å². The number of rotatable bonds is 3. The Kier molecular flexibility index (Phi) is 2.44. The Balaban J connectivity index is 1.93. The van der Waals surface area contributed by atoms with Gasteiger partial charge in [0.2, 0.25) is 0 Å². The van der Waals surface area contributed by atoms with Crippen molar-refractivity contribution < 1.29 is 4.79 Å². The predicted octanol–water partition coefficient (Wildman–Crippen LogP) is -0.532. The number of carbonyl (C=O) groups excluding carboxylic acids is 1. The minimum atomic E-state index is -0.181. The molecule has 2 N–H and O–H groups in total. The van der Waals surface area contributed by atoms with Gasteiger partial charge in [-0.3, -0.25) is 14.6 Å². The number of H-pyrrole nitrogens is 1. The predicted molar refractivity (Wildman–Crippen MR) is 50.8 cm³/mol. The molecule has 0 aromatic carbocycles. The van der Waals surface area contributed by atoms with E-state index in [-0.39, 0.29) is 5.91 Å². The molecule has 7 nitrogen and oxygen atoms in total. The maximum absolute atomic E-state index is 11.5. The molecule has 2 aromatic rings. The number of nitrogens with one attached hydrogen (secondary N) is 2. The van der Waals surface area contributed by atoms with Gasteiger partial charge in [-0.15, -0.1) is 0 Å². The number of aromatic nitrogens is 5. The maximum atomic E-state index is 11.5. The monoisotopic (exact) mass is 206 g/mol. The highest BCUT2D eigenvalue weighted by atomic mass is 16.1. The first kappa shape index (κ1) is 9.38. The highest BCUT2D eigenvalue weighted by molar-refractivity contribution is 5.93. The van der Waals surface area contributed by atoms with Gasteiger partial charge >= 0.3 is 0 Å². The Morgan fingerprint density at radius 2 is 2.53 bits per heavy atom. The average Bonchev–Trinajstić information content (AvgIpc) is 2.84. The molecule has 2 heterocycles. The zero-order valence-electron chi connectivity index (χ0n) is 8.14. The second-order valence-electron chi connectivity index (χ2n) is 3.02. The first-order valence-corrected chi connectivity index (χ1v) is 4.37. The van der Waals surface area contributed by atoms with Crippen LogP contribution in [0.25, 0.3) is 0 Å². The van der Waals surface area contributed by atoms with Crippen molar-refractivity contribution >= 4 is 5.91 Å². The molecular formula is C8H10N6O. The van der Waals surface area contributed by atoms with Crippen LogP contribution in [0.5, 0.6) is 0 Å². The highest BCUT2D eigenvalue weighted by Gasteiger charge is 2.07. The van der Waals surface area contributed by atoms with Crippen LogP contribution in [0.2, 0.25) is 0 Å². The van der Waals surface area contributed by atoms with Gasteiger partial charge in [0.1, 0.15) is 12.2 Å². The van der Waals surface area contributed by atoms with Crippen molar-refractivity contribution in [1.82, 2.24) is 30.3 Å². The van der Waals surface area contributed by atoms with Crippen LogP contribution in [0.3, 0.4) is 0 Å². The summed E-state index contributed by atoms with van der Waals surface area (Å²) >= 11 is 0. The summed E-state index contributed by atoms with van der Waals surface area (Å²) in [5.41, 5.74) is 0.525. The molecule has 0 bridgehead atoms. The molecule has 2 rings (SSSR count). The van der Waals surface area contributed by atoms with Gasteiger partial charge < -0.3 is 5.32 Å². The number of aryl methyl sites for hydroxylation is 1. The fraction of sp³-hybridized carbons (Fsp3) is 0.250. The number of amides is 1. The Bertz CT molecular complexity index is 445. The van der Waals surface area contributed by atoms with E-state index in [0.29, 0.717) is 17.9 Å². The summed E-state index contributed by atoms with van der Waals surface area (Å²) < 4.78 is 1.57. The SMILES string of the molecule is Cn1cc(C(=O)NCc2ncn[nH]2)cn1. The number of hydrogen-bond donors (Lipinski definition) is 2. The van der Waals surface area contributed by atoms with Crippen LogP contribution in [-0.4, -0.2) is 30.9 Å². The van der Waals surface area contributed by atoms with Gasteiger partial charge in [0.25, 0.3) is 5.91 Å². The maximum Gasteiger partial charge on any atom is 0.254 e. The summed E-state index contributed by atoms with van der Waals surface area (Å²) in [6.07, 6.45) is 4.55. The molecule has 0 unspecified atom stereocenters. The van der Waals surface area contributed by atoms with Crippen LogP contribution in [-0.2, 0) is 13.6 Å². The molecule has 0 atom stereocenters. The number of carbonyl (C=O) groups is 1. The van der Waals surface area contributed by atoms with E-state index >= 15 is 0 Å². The molecule has 2 aromatic heterocycles. The third kappa shape index (κ3) is 2.19. The smallest absolute Gasteiger partial charge is 0.254 e. The van der Waals surface area contributed by atoms with Crippen LogP contribution < -0.4 is 5.32 Å². The lowest BCUT2D eigenvalue weighted by atomic mass is 10.3. The van der Waals surface area contributed by atoms with Crippen molar-refractivity contribution in [3.8, 4) is 0 Å². The normalized spacial score (nSPS) is 10.2. The lowest BCUT2D eigenvalue weighted by Gasteiger charge is -1.99. The molecule has 0 saturated heterocycles. The van der Waals surface area contributed by atoms with Crippen molar-refractivity contribution in [2.24, 2.45) is 7.05 Å². The molecule has 1 amide bonds. The lowest BCUT2D eigenvalue weighted by Crippen LogP contribution is -2.23. The zero-order valence-corrected chi connectivity index (χ0v) is 8.14. The molecule has 0 aliphatic carbocycles. The average molecular weight is 206 g/mol. The zero-order chi connectivity index (χ0) is 10.7. The minimum absolute atomic E-state index is 0.181. The molecule has 0 radical (unpaired) electrons. The molecule has 78 valence electrons. The van der Waals surface area contributed by atoms with Crippen LogP contribution >= 0.6 is 0 Å². The van der Waals surface area contributed by atoms with Gasteiger partial charge in [-0.1, -0.05) is 0 Å². The molecule has 7 heteroatoms. The quantitative estimate of drug-likeness (QED) is 0.706. The van der Waals surface area contributed by atoms with Gasteiger partial charge in [-0.2, -0.15) is 10.2 Å². The third-order valence-corrected chi connectivity index (χ3v) is 1.85. The first-order chi connectivity index (χ1) is 7.25. The van der Waals surface area contributed by atoms with Crippen molar-refractivity contribution in [2.45, 2.75) is 6.54 Å². The van der Waals surface area contributed by atoms with E-state index in [2.05, 4.69) is 25.6 Å². The van der Waals surface area contributed by atoms with Crippen LogP contribution in [0.4, 0.5) is 0 Å². The number of hydrogen-bond acceptors (Lipinski definition) is 4. The van der Waals surface area contributed by atoms with Crippen LogP contribution in [0.15, 0.2) is 18.7 Å². The van der Waals surface area contributed by atoms with E-state index in [1.165, 1.54) is 12.5 Å². The molecule has 0 spiro atoms. The highest BCUT2D eigenvalue weighted by Crippen LogP contribution is 1.96. The van der Waals surface area contributed by atoms with Crippen molar-refractivity contribution in [2.75, 3.05) is 0 Å².